The van der Waals surface area contributed by atoms with Gasteiger partial charge in [0.2, 0.25) is 10.0 Å². The number of aliphatic hydroxyl groups excluding tert-OH is 1. The van der Waals surface area contributed by atoms with E-state index in [4.69, 9.17) is 10.8 Å². The summed E-state index contributed by atoms with van der Waals surface area (Å²) in [6.45, 7) is 0.347. The van der Waals surface area contributed by atoms with E-state index in [0.717, 1.165) is 6.07 Å². The number of carbonyl (C=O) groups is 1. The largest absolute Gasteiger partial charge is 0.478 e. The van der Waals surface area contributed by atoms with E-state index in [0.29, 0.717) is 12.8 Å². The first-order valence-corrected chi connectivity index (χ1v) is 7.57. The van der Waals surface area contributed by atoms with Crippen LogP contribution in [0.1, 0.15) is 23.2 Å². The summed E-state index contributed by atoms with van der Waals surface area (Å²) in [5, 5.41) is 18.5. The lowest BCUT2D eigenvalue weighted by Crippen LogP contribution is -2.40. The van der Waals surface area contributed by atoms with Crippen molar-refractivity contribution in [1.82, 2.24) is 4.31 Å². The van der Waals surface area contributed by atoms with E-state index >= 15 is 0 Å². The molecule has 0 amide bonds. The average molecular weight is 300 g/mol. The highest BCUT2D eigenvalue weighted by Crippen LogP contribution is 2.25. The number of carboxylic acid groups (broad SMARTS) is 1. The zero-order chi connectivity index (χ0) is 14.9. The molecule has 1 saturated heterocycles. The molecule has 8 heteroatoms. The zero-order valence-electron chi connectivity index (χ0n) is 10.7. The zero-order valence-corrected chi connectivity index (χ0v) is 11.5. The van der Waals surface area contributed by atoms with Crippen LogP contribution in [-0.2, 0) is 10.0 Å². The number of nitrogen functional groups attached to an aromatic ring is 1. The van der Waals surface area contributed by atoms with Crippen LogP contribution in [0.4, 0.5) is 5.69 Å². The molecule has 0 bridgehead atoms. The van der Waals surface area contributed by atoms with E-state index in [1.165, 1.54) is 16.4 Å². The summed E-state index contributed by atoms with van der Waals surface area (Å²) in [6.07, 6.45) is 0.180. The average Bonchev–Trinajstić information content (AvgIpc) is 2.38. The smallest absolute Gasteiger partial charge is 0.337 e. The maximum atomic E-state index is 12.5. The van der Waals surface area contributed by atoms with Crippen LogP contribution in [0.15, 0.2) is 23.1 Å². The summed E-state index contributed by atoms with van der Waals surface area (Å²) in [5.74, 6) is -1.34. The van der Waals surface area contributed by atoms with Crippen molar-refractivity contribution in [2.45, 2.75) is 23.8 Å². The van der Waals surface area contributed by atoms with Gasteiger partial charge in [0.05, 0.1) is 16.6 Å². The van der Waals surface area contributed by atoms with Crippen molar-refractivity contribution in [2.24, 2.45) is 0 Å². The van der Waals surface area contributed by atoms with E-state index in [1.54, 1.807) is 0 Å². The molecule has 0 aromatic heterocycles. The van der Waals surface area contributed by atoms with Crippen LogP contribution >= 0.6 is 0 Å². The highest BCUT2D eigenvalue weighted by Gasteiger charge is 2.31. The molecule has 1 fully saturated rings. The maximum absolute atomic E-state index is 12.5. The molecule has 0 unspecified atom stereocenters. The Morgan fingerprint density at radius 2 is 1.90 bits per heavy atom. The van der Waals surface area contributed by atoms with E-state index in [1.807, 2.05) is 0 Å². The molecule has 1 aliphatic rings. The summed E-state index contributed by atoms with van der Waals surface area (Å²) in [7, 11) is -3.89. The molecule has 110 valence electrons. The number of benzene rings is 1. The minimum Gasteiger partial charge on any atom is -0.478 e. The molecule has 2 rings (SSSR count). The topological polar surface area (TPSA) is 121 Å². The summed E-state index contributed by atoms with van der Waals surface area (Å²) in [4.78, 5) is 10.9. The van der Waals surface area contributed by atoms with Gasteiger partial charge in [-0.05, 0) is 31.0 Å². The number of carboxylic acids is 1. The number of hydrogen-bond donors (Lipinski definition) is 3. The molecule has 1 aromatic rings. The van der Waals surface area contributed by atoms with Crippen LogP contribution in [0.3, 0.4) is 0 Å². The van der Waals surface area contributed by atoms with Crippen LogP contribution in [0.2, 0.25) is 0 Å². The predicted molar refractivity (Wildman–Crippen MR) is 71.8 cm³/mol. The van der Waals surface area contributed by atoms with Gasteiger partial charge >= 0.3 is 5.97 Å². The third kappa shape index (κ3) is 2.77. The molecule has 0 atom stereocenters. The van der Waals surface area contributed by atoms with Crippen LogP contribution in [0, 0.1) is 0 Å². The quantitative estimate of drug-likeness (QED) is 0.681. The number of sulfonamides is 1. The molecular formula is C12H16N2O5S. The Morgan fingerprint density at radius 1 is 1.30 bits per heavy atom. The number of aliphatic hydroxyl groups is 1. The van der Waals surface area contributed by atoms with Crippen LogP contribution < -0.4 is 5.73 Å². The lowest BCUT2D eigenvalue weighted by atomic mass is 10.1. The number of hydrogen-bond acceptors (Lipinski definition) is 5. The van der Waals surface area contributed by atoms with Crippen molar-refractivity contribution in [1.29, 1.82) is 0 Å². The second kappa shape index (κ2) is 5.39. The number of nitrogens with two attached hydrogens (primary N) is 1. The van der Waals surface area contributed by atoms with Crippen LogP contribution in [-0.4, -0.2) is 48.1 Å². The van der Waals surface area contributed by atoms with Crippen molar-refractivity contribution < 1.29 is 23.4 Å². The molecule has 20 heavy (non-hydrogen) atoms. The van der Waals surface area contributed by atoms with E-state index in [-0.39, 0.29) is 29.2 Å². The fourth-order valence-electron chi connectivity index (χ4n) is 2.16. The van der Waals surface area contributed by atoms with Gasteiger partial charge in [0.25, 0.3) is 0 Å². The Hall–Kier alpha value is -1.64. The van der Waals surface area contributed by atoms with Gasteiger partial charge in [0, 0.05) is 18.8 Å². The first-order valence-electron chi connectivity index (χ1n) is 6.13. The SMILES string of the molecule is Nc1ccc(S(=O)(=O)N2CCC(O)CC2)c(C(=O)O)c1. The molecule has 1 heterocycles. The Labute approximate surface area is 116 Å². The normalized spacial score (nSPS) is 18.1. The van der Waals surface area contributed by atoms with Gasteiger partial charge in [-0.3, -0.25) is 0 Å². The lowest BCUT2D eigenvalue weighted by molar-refractivity contribution is 0.0692. The third-order valence-electron chi connectivity index (χ3n) is 3.28. The molecule has 0 aliphatic carbocycles. The summed E-state index contributed by atoms with van der Waals surface area (Å²) >= 11 is 0. The number of aromatic carboxylic acids is 1. The minimum atomic E-state index is -3.89. The first kappa shape index (κ1) is 14.8. The minimum absolute atomic E-state index is 0.174. The molecule has 0 spiro atoms. The lowest BCUT2D eigenvalue weighted by Gasteiger charge is -2.29. The van der Waals surface area contributed by atoms with E-state index in [9.17, 15) is 18.3 Å². The summed E-state index contributed by atoms with van der Waals surface area (Å²) in [6, 6.07) is 3.70. The number of rotatable bonds is 3. The Morgan fingerprint density at radius 3 is 2.45 bits per heavy atom. The Bertz CT molecular complexity index is 621. The Balaban J connectivity index is 2.42. The van der Waals surface area contributed by atoms with Crippen LogP contribution in [0.25, 0.3) is 0 Å². The fraction of sp³-hybridized carbons (Fsp3) is 0.417. The molecule has 0 radical (unpaired) electrons. The standard InChI is InChI=1S/C12H16N2O5S/c13-8-1-2-11(10(7-8)12(16)17)20(18,19)14-5-3-9(15)4-6-14/h1-2,7,9,15H,3-6,13H2,(H,16,17). The Kier molecular flexibility index (Phi) is 3.98. The van der Waals surface area contributed by atoms with Gasteiger partial charge < -0.3 is 15.9 Å². The number of nitrogens with zero attached hydrogens (tertiary/aromatic N) is 1. The monoisotopic (exact) mass is 300 g/mol. The molecule has 0 saturated carbocycles. The molecule has 1 aromatic carbocycles. The predicted octanol–water partition coefficient (Wildman–Crippen LogP) is 0.112. The fourth-order valence-corrected chi connectivity index (χ4v) is 3.80. The third-order valence-corrected chi connectivity index (χ3v) is 5.23. The molecular weight excluding hydrogens is 284 g/mol. The van der Waals surface area contributed by atoms with Crippen molar-refractivity contribution in [2.75, 3.05) is 18.8 Å². The van der Waals surface area contributed by atoms with Gasteiger partial charge in [-0.2, -0.15) is 4.31 Å². The first-order chi connectivity index (χ1) is 9.32. The number of anilines is 1. The highest BCUT2D eigenvalue weighted by molar-refractivity contribution is 7.89. The second-order valence-electron chi connectivity index (χ2n) is 4.70. The summed E-state index contributed by atoms with van der Waals surface area (Å²) in [5.41, 5.74) is 5.35. The maximum Gasteiger partial charge on any atom is 0.337 e. The number of piperidine rings is 1. The van der Waals surface area contributed by atoms with Gasteiger partial charge in [0.1, 0.15) is 0 Å². The van der Waals surface area contributed by atoms with Crippen molar-refractivity contribution >= 4 is 21.7 Å². The highest BCUT2D eigenvalue weighted by atomic mass is 32.2. The van der Waals surface area contributed by atoms with Crippen molar-refractivity contribution in [3.05, 3.63) is 23.8 Å². The van der Waals surface area contributed by atoms with Crippen LogP contribution in [0.5, 0.6) is 0 Å². The van der Waals surface area contributed by atoms with E-state index < -0.39 is 22.1 Å². The molecule has 7 nitrogen and oxygen atoms in total. The van der Waals surface area contributed by atoms with Gasteiger partial charge in [-0.15, -0.1) is 0 Å². The van der Waals surface area contributed by atoms with Crippen molar-refractivity contribution in [3.63, 3.8) is 0 Å². The van der Waals surface area contributed by atoms with Gasteiger partial charge in [-0.1, -0.05) is 0 Å². The van der Waals surface area contributed by atoms with Crippen molar-refractivity contribution in [3.8, 4) is 0 Å². The van der Waals surface area contributed by atoms with Gasteiger partial charge in [0.15, 0.2) is 0 Å². The van der Waals surface area contributed by atoms with Gasteiger partial charge in [-0.25, -0.2) is 13.2 Å². The molecule has 1 aliphatic heterocycles. The second-order valence-corrected chi connectivity index (χ2v) is 6.60. The van der Waals surface area contributed by atoms with E-state index in [2.05, 4.69) is 0 Å². The molecule has 4 N–H and O–H groups in total. The summed E-state index contributed by atoms with van der Waals surface area (Å²) < 4.78 is 26.1.